The lowest BCUT2D eigenvalue weighted by Gasteiger charge is -2.34. The lowest BCUT2D eigenvalue weighted by Crippen LogP contribution is -2.54. The van der Waals surface area contributed by atoms with Gasteiger partial charge in [0.2, 0.25) is 11.8 Å². The van der Waals surface area contributed by atoms with Crippen LogP contribution in [0.3, 0.4) is 0 Å². The van der Waals surface area contributed by atoms with Gasteiger partial charge in [-0.1, -0.05) is 80.3 Å². The fourth-order valence-electron chi connectivity index (χ4n) is 5.63. The summed E-state index contributed by atoms with van der Waals surface area (Å²) >= 11 is 6.06. The first-order chi connectivity index (χ1) is 21.2. The van der Waals surface area contributed by atoms with Crippen LogP contribution in [-0.4, -0.2) is 56.9 Å². The Kier molecular flexibility index (Phi) is 12.1. The minimum atomic E-state index is -4.24. The largest absolute Gasteiger partial charge is 0.492 e. The van der Waals surface area contributed by atoms with E-state index in [1.54, 1.807) is 29.2 Å². The molecule has 0 aromatic heterocycles. The quantitative estimate of drug-likeness (QED) is 0.226. The first kappa shape index (κ1) is 33.3. The van der Waals surface area contributed by atoms with Gasteiger partial charge >= 0.3 is 0 Å². The number of carbonyl (C=O) groups is 2. The monoisotopic (exact) mass is 639 g/mol. The summed E-state index contributed by atoms with van der Waals surface area (Å²) in [4.78, 5) is 29.5. The van der Waals surface area contributed by atoms with E-state index in [0.717, 1.165) is 42.0 Å². The fraction of sp³-hybridized carbons (Fsp3) is 0.412. The van der Waals surface area contributed by atoms with E-state index in [1.165, 1.54) is 24.3 Å². The first-order valence-electron chi connectivity index (χ1n) is 15.4. The van der Waals surface area contributed by atoms with Crippen LogP contribution in [0.15, 0.2) is 83.8 Å². The average molecular weight is 640 g/mol. The van der Waals surface area contributed by atoms with Crippen LogP contribution in [0.1, 0.15) is 57.9 Å². The summed E-state index contributed by atoms with van der Waals surface area (Å²) in [5, 5.41) is 3.57. The van der Waals surface area contributed by atoms with Crippen molar-refractivity contribution in [2.75, 3.05) is 24.0 Å². The SMILES string of the molecule is CCOc1ccccc1N(CC(=O)N(CCc1ccccc1)C(CC)C(=O)NC1CCCCC1)S(=O)(=O)c1ccc(Cl)cc1. The lowest BCUT2D eigenvalue weighted by molar-refractivity contribution is -0.140. The van der Waals surface area contributed by atoms with Gasteiger partial charge in [0, 0.05) is 17.6 Å². The lowest BCUT2D eigenvalue weighted by atomic mass is 9.95. The summed E-state index contributed by atoms with van der Waals surface area (Å²) in [6, 6.07) is 21.6. The predicted octanol–water partition coefficient (Wildman–Crippen LogP) is 6.23. The zero-order valence-corrected chi connectivity index (χ0v) is 27.0. The Hall–Kier alpha value is -3.56. The standard InChI is InChI=1S/C34H42ClN3O5S/c1-3-30(34(40)36-28-15-9-6-10-16-28)37(24-23-26-13-7-5-8-14-26)33(39)25-38(31-17-11-12-18-32(31)43-4-2)44(41,42)29-21-19-27(35)20-22-29/h5,7-8,11-14,17-22,28,30H,3-4,6,9-10,15-16,23-25H2,1-2H3,(H,36,40). The molecule has 1 aliphatic rings. The van der Waals surface area contributed by atoms with Crippen molar-refractivity contribution in [3.05, 3.63) is 89.4 Å². The number of hydrogen-bond acceptors (Lipinski definition) is 5. The van der Waals surface area contributed by atoms with Gasteiger partial charge in [-0.2, -0.15) is 0 Å². The molecule has 0 bridgehead atoms. The predicted molar refractivity (Wildman–Crippen MR) is 175 cm³/mol. The second-order valence-electron chi connectivity index (χ2n) is 11.0. The van der Waals surface area contributed by atoms with E-state index in [1.807, 2.05) is 44.2 Å². The summed E-state index contributed by atoms with van der Waals surface area (Å²) in [7, 11) is -4.24. The van der Waals surface area contributed by atoms with Gasteiger partial charge in [-0.05, 0) is 74.6 Å². The molecular weight excluding hydrogens is 598 g/mol. The number of benzene rings is 3. The Bertz CT molecular complexity index is 1480. The molecule has 10 heteroatoms. The molecule has 3 aromatic carbocycles. The van der Waals surface area contributed by atoms with Crippen molar-refractivity contribution in [1.82, 2.24) is 10.2 Å². The third-order valence-corrected chi connectivity index (χ3v) is 9.96. The van der Waals surface area contributed by atoms with Crippen LogP contribution in [0, 0.1) is 0 Å². The smallest absolute Gasteiger partial charge is 0.264 e. The molecule has 1 saturated carbocycles. The Morgan fingerprint density at radius 2 is 1.59 bits per heavy atom. The van der Waals surface area contributed by atoms with Crippen molar-refractivity contribution in [3.8, 4) is 5.75 Å². The van der Waals surface area contributed by atoms with Crippen LogP contribution in [0.4, 0.5) is 5.69 Å². The normalized spacial score (nSPS) is 14.4. The Morgan fingerprint density at radius 1 is 0.932 bits per heavy atom. The van der Waals surface area contributed by atoms with E-state index < -0.39 is 28.5 Å². The Balaban J connectivity index is 1.70. The van der Waals surface area contributed by atoms with E-state index in [4.69, 9.17) is 16.3 Å². The zero-order valence-electron chi connectivity index (χ0n) is 25.5. The number of hydrogen-bond donors (Lipinski definition) is 1. The topological polar surface area (TPSA) is 96.0 Å². The number of rotatable bonds is 14. The average Bonchev–Trinajstić information content (AvgIpc) is 3.03. The third-order valence-electron chi connectivity index (χ3n) is 7.94. The maximum atomic E-state index is 14.3. The molecule has 0 radical (unpaired) electrons. The second-order valence-corrected chi connectivity index (χ2v) is 13.3. The van der Waals surface area contributed by atoms with Gasteiger partial charge < -0.3 is 15.0 Å². The van der Waals surface area contributed by atoms with Crippen molar-refractivity contribution < 1.29 is 22.7 Å². The molecule has 1 atom stereocenters. The van der Waals surface area contributed by atoms with Gasteiger partial charge in [0.05, 0.1) is 17.2 Å². The van der Waals surface area contributed by atoms with E-state index in [-0.39, 0.29) is 29.1 Å². The van der Waals surface area contributed by atoms with E-state index in [2.05, 4.69) is 5.32 Å². The minimum Gasteiger partial charge on any atom is -0.492 e. The number of amides is 2. The number of ether oxygens (including phenoxy) is 1. The highest BCUT2D eigenvalue weighted by molar-refractivity contribution is 7.92. The number of nitrogens with one attached hydrogen (secondary N) is 1. The summed E-state index contributed by atoms with van der Waals surface area (Å²) < 4.78 is 35.2. The van der Waals surface area contributed by atoms with Crippen LogP contribution >= 0.6 is 11.6 Å². The minimum absolute atomic E-state index is 0.0149. The van der Waals surface area contributed by atoms with Crippen molar-refractivity contribution in [2.45, 2.75) is 75.8 Å². The van der Waals surface area contributed by atoms with Gasteiger partial charge in [-0.15, -0.1) is 0 Å². The van der Waals surface area contributed by atoms with Crippen LogP contribution in [0.2, 0.25) is 5.02 Å². The zero-order chi connectivity index (χ0) is 31.5. The molecule has 1 aliphatic carbocycles. The summed E-state index contributed by atoms with van der Waals surface area (Å²) in [6.07, 6.45) is 6.03. The van der Waals surface area contributed by atoms with E-state index >= 15 is 0 Å². The van der Waals surface area contributed by atoms with Gasteiger partial charge in [-0.3, -0.25) is 13.9 Å². The number of sulfonamides is 1. The number of nitrogens with zero attached hydrogens (tertiary/aromatic N) is 2. The first-order valence-corrected chi connectivity index (χ1v) is 17.2. The fourth-order valence-corrected chi connectivity index (χ4v) is 7.18. The molecule has 236 valence electrons. The molecular formula is C34H42ClN3O5S. The Morgan fingerprint density at radius 3 is 2.25 bits per heavy atom. The maximum Gasteiger partial charge on any atom is 0.264 e. The van der Waals surface area contributed by atoms with Crippen LogP contribution < -0.4 is 14.4 Å². The molecule has 1 unspecified atom stereocenters. The van der Waals surface area contributed by atoms with Crippen molar-refractivity contribution in [1.29, 1.82) is 0 Å². The van der Waals surface area contributed by atoms with Crippen LogP contribution in [0.25, 0.3) is 0 Å². The van der Waals surface area contributed by atoms with Gasteiger partial charge in [-0.25, -0.2) is 8.42 Å². The third kappa shape index (κ3) is 8.54. The number of para-hydroxylation sites is 2. The molecule has 4 rings (SSSR count). The summed E-state index contributed by atoms with van der Waals surface area (Å²) in [6.45, 7) is 3.73. The highest BCUT2D eigenvalue weighted by Crippen LogP contribution is 2.33. The summed E-state index contributed by atoms with van der Waals surface area (Å²) in [5.41, 5.74) is 1.25. The van der Waals surface area contributed by atoms with Crippen LogP contribution in [-0.2, 0) is 26.0 Å². The van der Waals surface area contributed by atoms with Crippen molar-refractivity contribution in [3.63, 3.8) is 0 Å². The van der Waals surface area contributed by atoms with Crippen LogP contribution in [0.5, 0.6) is 5.75 Å². The summed E-state index contributed by atoms with van der Waals surface area (Å²) in [5.74, 6) is -0.351. The molecule has 0 aliphatic heterocycles. The molecule has 44 heavy (non-hydrogen) atoms. The number of halogens is 1. The molecule has 8 nitrogen and oxygen atoms in total. The number of anilines is 1. The molecule has 1 fully saturated rings. The highest BCUT2D eigenvalue weighted by Gasteiger charge is 2.35. The second kappa shape index (κ2) is 16.0. The maximum absolute atomic E-state index is 14.3. The van der Waals surface area contributed by atoms with Crippen molar-refractivity contribution >= 4 is 39.1 Å². The molecule has 1 N–H and O–H groups in total. The molecule has 3 aromatic rings. The van der Waals surface area contributed by atoms with Gasteiger partial charge in [0.1, 0.15) is 18.3 Å². The van der Waals surface area contributed by atoms with E-state index in [9.17, 15) is 18.0 Å². The molecule has 0 saturated heterocycles. The van der Waals surface area contributed by atoms with Gasteiger partial charge in [0.15, 0.2) is 0 Å². The number of carbonyl (C=O) groups excluding carboxylic acids is 2. The van der Waals surface area contributed by atoms with E-state index in [0.29, 0.717) is 30.2 Å². The van der Waals surface area contributed by atoms with Crippen molar-refractivity contribution in [2.24, 2.45) is 0 Å². The molecule has 0 spiro atoms. The highest BCUT2D eigenvalue weighted by atomic mass is 35.5. The molecule has 0 heterocycles. The Labute approximate surface area is 266 Å². The van der Waals surface area contributed by atoms with Gasteiger partial charge in [0.25, 0.3) is 10.0 Å². The molecule has 2 amide bonds.